The number of methoxy groups -OCH3 is 1. The number of carbonyl (C=O) groups excluding carboxylic acids is 2. The van der Waals surface area contributed by atoms with E-state index < -0.39 is 5.97 Å². The third-order valence-corrected chi connectivity index (χ3v) is 5.87. The first-order valence-electron chi connectivity index (χ1n) is 9.86. The fourth-order valence-electron chi connectivity index (χ4n) is 3.11. The monoisotopic (exact) mass is 482 g/mol. The summed E-state index contributed by atoms with van der Waals surface area (Å²) >= 11 is 7.24. The van der Waals surface area contributed by atoms with Gasteiger partial charge in [-0.3, -0.25) is 9.36 Å². The van der Waals surface area contributed by atoms with E-state index in [2.05, 4.69) is 15.5 Å². The Hall–Kier alpha value is -3.56. The molecule has 2 aromatic carbocycles. The minimum atomic E-state index is -0.524. The molecule has 0 fully saturated rings. The number of anilines is 1. The zero-order chi connectivity index (χ0) is 23.2. The highest BCUT2D eigenvalue weighted by atomic mass is 35.5. The van der Waals surface area contributed by atoms with Crippen LogP contribution in [-0.4, -0.2) is 39.5 Å². The average molecular weight is 483 g/mol. The highest BCUT2D eigenvalue weighted by molar-refractivity contribution is 7.99. The summed E-state index contributed by atoms with van der Waals surface area (Å²) in [7, 11) is 1.29. The number of furan rings is 1. The van der Waals surface area contributed by atoms with Gasteiger partial charge in [0.2, 0.25) is 5.91 Å². The Labute approximate surface area is 198 Å². The maximum Gasteiger partial charge on any atom is 0.339 e. The van der Waals surface area contributed by atoms with Gasteiger partial charge in [0.05, 0.1) is 36.9 Å². The van der Waals surface area contributed by atoms with E-state index in [9.17, 15) is 9.59 Å². The molecule has 0 aliphatic heterocycles. The van der Waals surface area contributed by atoms with Gasteiger partial charge in [0, 0.05) is 10.6 Å². The fraction of sp³-hybridized carbons (Fsp3) is 0.130. The lowest BCUT2D eigenvalue weighted by Gasteiger charge is -2.10. The molecule has 33 heavy (non-hydrogen) atoms. The lowest BCUT2D eigenvalue weighted by Crippen LogP contribution is -2.17. The van der Waals surface area contributed by atoms with Gasteiger partial charge in [-0.05, 0) is 48.5 Å². The van der Waals surface area contributed by atoms with Crippen molar-refractivity contribution < 1.29 is 18.7 Å². The number of nitrogens with zero attached hydrogens (tertiary/aromatic N) is 3. The van der Waals surface area contributed by atoms with E-state index in [0.29, 0.717) is 28.2 Å². The quantitative estimate of drug-likeness (QED) is 0.285. The molecule has 168 valence electrons. The standard InChI is InChI=1S/C23H19ClN4O4S/c1-31-22(30)18-6-2-3-7-19(18)25-20(29)14-33-23-27-26-21(15-8-10-16(24)11-9-15)28(23)13-17-5-4-12-32-17/h2-12H,13-14H2,1H3,(H,25,29). The summed E-state index contributed by atoms with van der Waals surface area (Å²) in [6, 6.07) is 17.6. The SMILES string of the molecule is COC(=O)c1ccccc1NC(=O)CSc1nnc(-c2ccc(Cl)cc2)n1Cc1ccco1. The molecule has 8 nitrogen and oxygen atoms in total. The van der Waals surface area contributed by atoms with Crippen LogP contribution in [0.3, 0.4) is 0 Å². The molecule has 0 radical (unpaired) electrons. The molecule has 4 rings (SSSR count). The first-order valence-corrected chi connectivity index (χ1v) is 11.2. The van der Waals surface area contributed by atoms with Gasteiger partial charge >= 0.3 is 5.97 Å². The van der Waals surface area contributed by atoms with Gasteiger partial charge in [-0.25, -0.2) is 4.79 Å². The summed E-state index contributed by atoms with van der Waals surface area (Å²) in [6.45, 7) is 0.396. The Kier molecular flexibility index (Phi) is 7.11. The van der Waals surface area contributed by atoms with Crippen LogP contribution in [0.15, 0.2) is 76.5 Å². The van der Waals surface area contributed by atoms with E-state index >= 15 is 0 Å². The third kappa shape index (κ3) is 5.44. The summed E-state index contributed by atoms with van der Waals surface area (Å²) < 4.78 is 12.1. The summed E-state index contributed by atoms with van der Waals surface area (Å²) in [6.07, 6.45) is 1.60. The first kappa shape index (κ1) is 22.6. The number of hydrogen-bond donors (Lipinski definition) is 1. The van der Waals surface area contributed by atoms with Crippen LogP contribution in [0.2, 0.25) is 5.02 Å². The number of esters is 1. The van der Waals surface area contributed by atoms with Crippen molar-refractivity contribution in [2.75, 3.05) is 18.2 Å². The van der Waals surface area contributed by atoms with Gasteiger partial charge in [-0.15, -0.1) is 10.2 Å². The zero-order valence-corrected chi connectivity index (χ0v) is 19.1. The van der Waals surface area contributed by atoms with Gasteiger partial charge in [-0.2, -0.15) is 0 Å². The molecule has 0 spiro atoms. The molecule has 0 unspecified atom stereocenters. The van der Waals surface area contributed by atoms with Crippen LogP contribution >= 0.6 is 23.4 Å². The molecule has 4 aromatic rings. The minimum Gasteiger partial charge on any atom is -0.467 e. The van der Waals surface area contributed by atoms with E-state index in [1.807, 2.05) is 22.8 Å². The Morgan fingerprint density at radius 2 is 1.88 bits per heavy atom. The summed E-state index contributed by atoms with van der Waals surface area (Å²) in [5.74, 6) is 0.596. The minimum absolute atomic E-state index is 0.0619. The van der Waals surface area contributed by atoms with Crippen molar-refractivity contribution in [3.05, 3.63) is 83.3 Å². The number of nitrogens with one attached hydrogen (secondary N) is 1. The Morgan fingerprint density at radius 1 is 1.09 bits per heavy atom. The zero-order valence-electron chi connectivity index (χ0n) is 17.5. The number of hydrogen-bond acceptors (Lipinski definition) is 7. The van der Waals surface area contributed by atoms with E-state index in [0.717, 1.165) is 11.3 Å². The molecule has 0 saturated carbocycles. The normalized spacial score (nSPS) is 10.7. The number of ether oxygens (including phenoxy) is 1. The molecular formula is C23H19ClN4O4S. The van der Waals surface area contributed by atoms with Gasteiger partial charge in [0.25, 0.3) is 0 Å². The molecular weight excluding hydrogens is 464 g/mol. The Balaban J connectivity index is 1.53. The Morgan fingerprint density at radius 3 is 2.61 bits per heavy atom. The van der Waals surface area contributed by atoms with E-state index in [1.165, 1.54) is 18.9 Å². The van der Waals surface area contributed by atoms with Crippen LogP contribution in [0.1, 0.15) is 16.1 Å². The maximum atomic E-state index is 12.6. The third-order valence-electron chi connectivity index (χ3n) is 4.65. The lowest BCUT2D eigenvalue weighted by molar-refractivity contribution is -0.113. The molecule has 0 atom stereocenters. The van der Waals surface area contributed by atoms with E-state index in [4.69, 9.17) is 20.8 Å². The number of thioether (sulfide) groups is 1. The molecule has 1 N–H and O–H groups in total. The molecule has 1 amide bonds. The summed E-state index contributed by atoms with van der Waals surface area (Å²) in [4.78, 5) is 24.5. The first-order chi connectivity index (χ1) is 16.0. The maximum absolute atomic E-state index is 12.6. The summed E-state index contributed by atoms with van der Waals surface area (Å²) in [5.41, 5.74) is 1.50. The molecule has 0 bridgehead atoms. The van der Waals surface area contributed by atoms with Gasteiger partial charge < -0.3 is 14.5 Å². The second kappa shape index (κ2) is 10.4. The molecule has 2 aromatic heterocycles. The number of amides is 1. The van der Waals surface area contributed by atoms with Crippen molar-refractivity contribution in [2.45, 2.75) is 11.7 Å². The van der Waals surface area contributed by atoms with E-state index in [-0.39, 0.29) is 17.2 Å². The van der Waals surface area contributed by atoms with Gasteiger partial charge in [0.1, 0.15) is 5.76 Å². The fourth-order valence-corrected chi connectivity index (χ4v) is 3.97. The lowest BCUT2D eigenvalue weighted by atomic mass is 10.2. The highest BCUT2D eigenvalue weighted by Crippen LogP contribution is 2.27. The molecule has 2 heterocycles. The number of carbonyl (C=O) groups is 2. The number of para-hydroxylation sites is 1. The van der Waals surface area contributed by atoms with Crippen molar-refractivity contribution >= 4 is 40.9 Å². The van der Waals surface area contributed by atoms with Crippen LogP contribution in [0.25, 0.3) is 11.4 Å². The number of halogens is 1. The van der Waals surface area contributed by atoms with Crippen molar-refractivity contribution in [1.82, 2.24) is 14.8 Å². The molecule has 0 aliphatic rings. The van der Waals surface area contributed by atoms with E-state index in [1.54, 1.807) is 48.7 Å². The van der Waals surface area contributed by atoms with Crippen molar-refractivity contribution in [3.63, 3.8) is 0 Å². The largest absolute Gasteiger partial charge is 0.467 e. The average Bonchev–Trinajstić information content (AvgIpc) is 3.48. The number of aromatic nitrogens is 3. The topological polar surface area (TPSA) is 99.2 Å². The van der Waals surface area contributed by atoms with Crippen molar-refractivity contribution in [2.24, 2.45) is 0 Å². The highest BCUT2D eigenvalue weighted by Gasteiger charge is 2.18. The second-order valence-corrected chi connectivity index (χ2v) is 8.23. The second-order valence-electron chi connectivity index (χ2n) is 6.85. The molecule has 0 saturated heterocycles. The van der Waals surface area contributed by atoms with Crippen LogP contribution in [0.5, 0.6) is 0 Å². The van der Waals surface area contributed by atoms with Crippen molar-refractivity contribution in [3.8, 4) is 11.4 Å². The van der Waals surface area contributed by atoms with Gasteiger partial charge in [0.15, 0.2) is 11.0 Å². The van der Waals surface area contributed by atoms with Crippen molar-refractivity contribution in [1.29, 1.82) is 0 Å². The predicted molar refractivity (Wildman–Crippen MR) is 125 cm³/mol. The van der Waals surface area contributed by atoms with Gasteiger partial charge in [-0.1, -0.05) is 35.5 Å². The molecule has 0 aliphatic carbocycles. The van der Waals surface area contributed by atoms with Crippen LogP contribution in [0, 0.1) is 0 Å². The van der Waals surface area contributed by atoms with Crippen LogP contribution in [0.4, 0.5) is 5.69 Å². The summed E-state index contributed by atoms with van der Waals surface area (Å²) in [5, 5.41) is 12.5. The molecule has 10 heteroatoms. The number of benzene rings is 2. The number of rotatable bonds is 8. The van der Waals surface area contributed by atoms with Crippen LogP contribution in [-0.2, 0) is 16.1 Å². The van der Waals surface area contributed by atoms with Crippen LogP contribution < -0.4 is 5.32 Å². The Bertz CT molecular complexity index is 1260. The predicted octanol–water partition coefficient (Wildman–Crippen LogP) is 4.76. The smallest absolute Gasteiger partial charge is 0.339 e.